The Morgan fingerprint density at radius 1 is 1.41 bits per heavy atom. The second kappa shape index (κ2) is 7.78. The molecule has 7 nitrogen and oxygen atoms in total. The lowest BCUT2D eigenvalue weighted by atomic mass is 9.84. The summed E-state index contributed by atoms with van der Waals surface area (Å²) >= 11 is 0. The molecule has 3 rings (SSSR count). The Kier molecular flexibility index (Phi) is 5.56. The first-order valence-electron chi connectivity index (χ1n) is 9.66. The number of amides is 1. The maximum Gasteiger partial charge on any atom is 0.303 e. The fourth-order valence-corrected chi connectivity index (χ4v) is 3.65. The Morgan fingerprint density at radius 3 is 2.76 bits per heavy atom. The third-order valence-electron chi connectivity index (χ3n) is 4.93. The number of carbonyl (C=O) groups excluding carboxylic acids is 2. The van der Waals surface area contributed by atoms with Crippen LogP contribution in [0.1, 0.15) is 51.8 Å². The zero-order chi connectivity index (χ0) is 21.3. The molecule has 1 aromatic carbocycles. The van der Waals surface area contributed by atoms with E-state index in [1.807, 2.05) is 27.7 Å². The molecule has 0 radical (unpaired) electrons. The third kappa shape index (κ3) is 4.21. The minimum absolute atomic E-state index is 0.225. The van der Waals surface area contributed by atoms with E-state index in [4.69, 9.17) is 14.2 Å². The average molecular weight is 398 g/mol. The number of nitrogens with zero attached hydrogens (tertiary/aromatic N) is 2. The summed E-state index contributed by atoms with van der Waals surface area (Å²) in [7, 11) is 0. The van der Waals surface area contributed by atoms with Gasteiger partial charge in [0.25, 0.3) is 5.91 Å². The van der Waals surface area contributed by atoms with Crippen molar-refractivity contribution < 1.29 is 23.8 Å². The first-order chi connectivity index (χ1) is 13.6. The van der Waals surface area contributed by atoms with E-state index < -0.39 is 23.7 Å². The monoisotopic (exact) mass is 398 g/mol. The van der Waals surface area contributed by atoms with Gasteiger partial charge in [0.05, 0.1) is 24.8 Å². The second-order valence-electron chi connectivity index (χ2n) is 8.33. The van der Waals surface area contributed by atoms with Gasteiger partial charge in [0.2, 0.25) is 0 Å². The molecule has 0 fully saturated rings. The Labute approximate surface area is 170 Å². The average Bonchev–Trinajstić information content (AvgIpc) is 3.00. The van der Waals surface area contributed by atoms with Gasteiger partial charge in [-0.1, -0.05) is 13.8 Å². The van der Waals surface area contributed by atoms with Crippen LogP contribution in [0.15, 0.2) is 30.0 Å². The number of hydrogen-bond donors (Lipinski definition) is 0. The molecule has 0 aromatic heterocycles. The van der Waals surface area contributed by atoms with Crippen LogP contribution in [0, 0.1) is 17.2 Å². The normalized spacial score (nSPS) is 22.4. The summed E-state index contributed by atoms with van der Waals surface area (Å²) in [5.41, 5.74) is 0.204. The van der Waals surface area contributed by atoms with Crippen molar-refractivity contribution in [3.05, 3.63) is 41.2 Å². The molecule has 2 aliphatic heterocycles. The smallest absolute Gasteiger partial charge is 0.303 e. The van der Waals surface area contributed by atoms with Crippen molar-refractivity contribution in [2.75, 3.05) is 13.2 Å². The van der Waals surface area contributed by atoms with E-state index >= 15 is 0 Å². The molecule has 2 aliphatic rings. The van der Waals surface area contributed by atoms with Gasteiger partial charge in [-0.2, -0.15) is 5.26 Å². The van der Waals surface area contributed by atoms with Crippen LogP contribution in [0.5, 0.6) is 5.75 Å². The number of carbonyl (C=O) groups is 2. The van der Waals surface area contributed by atoms with Crippen LogP contribution in [0.3, 0.4) is 0 Å². The Morgan fingerprint density at radius 2 is 2.14 bits per heavy atom. The lowest BCUT2D eigenvalue weighted by Crippen LogP contribution is -2.55. The zero-order valence-corrected chi connectivity index (χ0v) is 17.4. The first kappa shape index (κ1) is 20.7. The first-order valence-corrected chi connectivity index (χ1v) is 9.66. The van der Waals surface area contributed by atoms with Crippen LogP contribution >= 0.6 is 0 Å². The van der Waals surface area contributed by atoms with Crippen LogP contribution in [-0.4, -0.2) is 41.6 Å². The summed E-state index contributed by atoms with van der Waals surface area (Å²) in [5, 5.41) is 9.33. The number of hydrogen-bond acceptors (Lipinski definition) is 6. The Bertz CT molecular complexity index is 897. The Hall–Kier alpha value is -3.01. The lowest BCUT2D eigenvalue weighted by Gasteiger charge is -2.46. The van der Waals surface area contributed by atoms with Crippen molar-refractivity contribution >= 4 is 11.9 Å². The summed E-state index contributed by atoms with van der Waals surface area (Å²) in [6, 6.07) is 6.58. The van der Waals surface area contributed by atoms with Crippen molar-refractivity contribution in [2.45, 2.75) is 52.4 Å². The standard InChI is InChI=1S/C22H26N2O5/c1-13(2)12-27-16-9-19(26)24(11-16)20-17-8-15(10-23)6-7-18(17)29-22(4,5)21(20)28-14(3)25/h6-9,13,20-21H,11-12H2,1-5H3/t20-,21+/m1/s1. The molecule has 0 saturated carbocycles. The topological polar surface area (TPSA) is 88.9 Å². The van der Waals surface area contributed by atoms with Gasteiger partial charge in [0, 0.05) is 18.6 Å². The van der Waals surface area contributed by atoms with E-state index in [9.17, 15) is 14.9 Å². The van der Waals surface area contributed by atoms with Gasteiger partial charge >= 0.3 is 5.97 Å². The van der Waals surface area contributed by atoms with E-state index in [1.54, 1.807) is 23.1 Å². The van der Waals surface area contributed by atoms with Crippen LogP contribution in [0.2, 0.25) is 0 Å². The predicted molar refractivity (Wildman–Crippen MR) is 105 cm³/mol. The van der Waals surface area contributed by atoms with Gasteiger partial charge < -0.3 is 19.1 Å². The van der Waals surface area contributed by atoms with Crippen LogP contribution in [-0.2, 0) is 19.1 Å². The highest BCUT2D eigenvalue weighted by molar-refractivity contribution is 5.91. The number of ether oxygens (including phenoxy) is 3. The molecule has 1 aromatic rings. The second-order valence-corrected chi connectivity index (χ2v) is 8.33. The summed E-state index contributed by atoms with van der Waals surface area (Å²) in [5.74, 6) is 0.776. The van der Waals surface area contributed by atoms with Gasteiger partial charge in [-0.05, 0) is 38.0 Å². The van der Waals surface area contributed by atoms with Crippen molar-refractivity contribution in [3.8, 4) is 11.8 Å². The largest absolute Gasteiger partial charge is 0.496 e. The molecule has 0 bridgehead atoms. The molecule has 0 unspecified atom stereocenters. The molecular formula is C22H26N2O5. The van der Waals surface area contributed by atoms with Crippen molar-refractivity contribution in [1.82, 2.24) is 4.90 Å². The molecule has 29 heavy (non-hydrogen) atoms. The highest BCUT2D eigenvalue weighted by Gasteiger charge is 2.50. The van der Waals surface area contributed by atoms with Crippen LogP contribution in [0.4, 0.5) is 0 Å². The van der Waals surface area contributed by atoms with Crippen LogP contribution in [0.25, 0.3) is 0 Å². The third-order valence-corrected chi connectivity index (χ3v) is 4.93. The van der Waals surface area contributed by atoms with E-state index in [1.165, 1.54) is 13.0 Å². The molecule has 0 aliphatic carbocycles. The number of benzene rings is 1. The summed E-state index contributed by atoms with van der Waals surface area (Å²) in [4.78, 5) is 26.3. The van der Waals surface area contributed by atoms with Crippen molar-refractivity contribution in [2.24, 2.45) is 5.92 Å². The molecule has 0 spiro atoms. The van der Waals surface area contributed by atoms with Crippen LogP contribution < -0.4 is 4.74 Å². The predicted octanol–water partition coefficient (Wildman–Crippen LogP) is 3.10. The van der Waals surface area contributed by atoms with Gasteiger partial charge in [-0.15, -0.1) is 0 Å². The van der Waals surface area contributed by atoms with E-state index in [0.29, 0.717) is 35.2 Å². The SMILES string of the molecule is CC(=O)O[C@H]1[C@H](N2CC(OCC(C)C)=CC2=O)c2cc(C#N)ccc2OC1(C)C. The van der Waals surface area contributed by atoms with Gasteiger partial charge in [0.15, 0.2) is 6.10 Å². The fraction of sp³-hybridized carbons (Fsp3) is 0.500. The van der Waals surface area contributed by atoms with Gasteiger partial charge in [0.1, 0.15) is 23.2 Å². The maximum atomic E-state index is 12.9. The number of rotatable bonds is 5. The quantitative estimate of drug-likeness (QED) is 0.708. The van der Waals surface area contributed by atoms with Gasteiger partial charge in [-0.3, -0.25) is 9.59 Å². The van der Waals surface area contributed by atoms with Gasteiger partial charge in [-0.25, -0.2) is 0 Å². The molecular weight excluding hydrogens is 372 g/mol. The molecule has 0 N–H and O–H groups in total. The van der Waals surface area contributed by atoms with Crippen molar-refractivity contribution in [3.63, 3.8) is 0 Å². The molecule has 2 heterocycles. The minimum Gasteiger partial charge on any atom is -0.496 e. The molecule has 7 heteroatoms. The number of fused-ring (bicyclic) bond motifs is 1. The molecule has 154 valence electrons. The lowest BCUT2D eigenvalue weighted by molar-refractivity contribution is -0.171. The molecule has 1 amide bonds. The van der Waals surface area contributed by atoms with Crippen molar-refractivity contribution in [1.29, 1.82) is 5.26 Å². The summed E-state index contributed by atoms with van der Waals surface area (Å²) < 4.78 is 17.5. The molecule has 0 saturated heterocycles. The highest BCUT2D eigenvalue weighted by atomic mass is 16.6. The molecule has 2 atom stereocenters. The highest BCUT2D eigenvalue weighted by Crippen LogP contribution is 2.45. The zero-order valence-electron chi connectivity index (χ0n) is 17.4. The number of esters is 1. The van der Waals surface area contributed by atoms with E-state index in [2.05, 4.69) is 6.07 Å². The summed E-state index contributed by atoms with van der Waals surface area (Å²) in [6.07, 6.45) is 0.729. The number of nitriles is 1. The summed E-state index contributed by atoms with van der Waals surface area (Å²) in [6.45, 7) is 9.81. The maximum absolute atomic E-state index is 12.9. The Balaban J connectivity index is 2.02. The van der Waals surface area contributed by atoms with E-state index in [-0.39, 0.29) is 12.5 Å². The fourth-order valence-electron chi connectivity index (χ4n) is 3.65. The minimum atomic E-state index is -0.876. The van der Waals surface area contributed by atoms with E-state index in [0.717, 1.165) is 0 Å².